The molecule has 6 rings (SSSR count). The molecule has 0 radical (unpaired) electrons. The van der Waals surface area contributed by atoms with Gasteiger partial charge in [0.15, 0.2) is 5.78 Å². The van der Waals surface area contributed by atoms with E-state index in [1.54, 1.807) is 0 Å². The normalized spacial score (nSPS) is 46.4. The van der Waals surface area contributed by atoms with E-state index in [1.807, 2.05) is 17.9 Å². The lowest BCUT2D eigenvalue weighted by molar-refractivity contribution is -0.220. The van der Waals surface area contributed by atoms with Crippen molar-refractivity contribution in [3.8, 4) is 6.07 Å². The molecule has 230 valence electrons. The van der Waals surface area contributed by atoms with Gasteiger partial charge in [0.25, 0.3) is 0 Å². The van der Waals surface area contributed by atoms with Gasteiger partial charge in [-0.3, -0.25) is 14.4 Å². The fourth-order valence-electron chi connectivity index (χ4n) is 11.8. The van der Waals surface area contributed by atoms with Gasteiger partial charge in [-0.2, -0.15) is 5.26 Å². The molecule has 0 aromatic carbocycles. The van der Waals surface area contributed by atoms with Gasteiger partial charge in [-0.15, -0.1) is 0 Å². The van der Waals surface area contributed by atoms with Crippen LogP contribution >= 0.6 is 0 Å². The van der Waals surface area contributed by atoms with Crippen LogP contribution in [0.2, 0.25) is 0 Å². The average Bonchev–Trinajstić information content (AvgIpc) is 2.95. The molecule has 42 heavy (non-hydrogen) atoms. The van der Waals surface area contributed by atoms with Crippen molar-refractivity contribution in [1.29, 1.82) is 5.26 Å². The number of allylic oxidation sites excluding steroid dienone is 2. The number of ether oxygens (including phenoxy) is 1. The molecule has 4 saturated carbocycles. The zero-order valence-electron chi connectivity index (χ0n) is 26.9. The maximum atomic E-state index is 14.7. The van der Waals surface area contributed by atoms with Crippen molar-refractivity contribution in [2.45, 2.75) is 106 Å². The quantitative estimate of drug-likeness (QED) is 0.381. The van der Waals surface area contributed by atoms with Crippen LogP contribution in [0.15, 0.2) is 11.6 Å². The molecule has 1 heterocycles. The summed E-state index contributed by atoms with van der Waals surface area (Å²) in [5.41, 5.74) is 0.00697. The van der Waals surface area contributed by atoms with E-state index in [1.165, 1.54) is 0 Å². The van der Waals surface area contributed by atoms with E-state index in [2.05, 4.69) is 40.7 Å². The van der Waals surface area contributed by atoms with E-state index < -0.39 is 0 Å². The number of ketones is 2. The zero-order valence-corrected chi connectivity index (χ0v) is 26.9. The smallest absolute Gasteiger partial charge is 0.222 e. The van der Waals surface area contributed by atoms with Gasteiger partial charge in [0, 0.05) is 37.8 Å². The van der Waals surface area contributed by atoms with Crippen molar-refractivity contribution < 1.29 is 19.1 Å². The van der Waals surface area contributed by atoms with Crippen LogP contribution in [0, 0.1) is 68.0 Å². The lowest BCUT2D eigenvalue weighted by Crippen LogP contribution is -2.68. The largest absolute Gasteiger partial charge is 0.378 e. The summed E-state index contributed by atoms with van der Waals surface area (Å²) in [5, 5.41) is 9.87. The Morgan fingerprint density at radius 2 is 1.69 bits per heavy atom. The van der Waals surface area contributed by atoms with Gasteiger partial charge in [0.2, 0.25) is 5.91 Å². The number of carbonyl (C=O) groups is 3. The van der Waals surface area contributed by atoms with Gasteiger partial charge >= 0.3 is 0 Å². The fourth-order valence-corrected chi connectivity index (χ4v) is 11.8. The summed E-state index contributed by atoms with van der Waals surface area (Å²) < 4.78 is 5.48. The lowest BCUT2D eigenvalue weighted by Gasteiger charge is -2.71. The van der Waals surface area contributed by atoms with Crippen LogP contribution in [-0.4, -0.2) is 48.7 Å². The van der Waals surface area contributed by atoms with Crippen LogP contribution in [0.4, 0.5) is 0 Å². The van der Waals surface area contributed by atoms with Crippen LogP contribution in [0.5, 0.6) is 0 Å². The molecule has 0 aromatic heterocycles. The molecule has 6 heteroatoms. The molecule has 0 spiro atoms. The van der Waals surface area contributed by atoms with Crippen LogP contribution in [0.1, 0.15) is 106 Å². The molecule has 0 bridgehead atoms. The second-order valence-electron chi connectivity index (χ2n) is 16.7. The molecule has 5 aliphatic carbocycles. The first-order chi connectivity index (χ1) is 19.7. The summed E-state index contributed by atoms with van der Waals surface area (Å²) in [5.74, 6) is 1.07. The molecule has 6 aliphatic rings. The van der Waals surface area contributed by atoms with Gasteiger partial charge in [-0.25, -0.2) is 0 Å². The van der Waals surface area contributed by atoms with Gasteiger partial charge in [-0.1, -0.05) is 47.6 Å². The van der Waals surface area contributed by atoms with E-state index in [4.69, 9.17) is 4.74 Å². The minimum absolute atomic E-state index is 0.00720. The predicted molar refractivity (Wildman–Crippen MR) is 161 cm³/mol. The highest BCUT2D eigenvalue weighted by Crippen LogP contribution is 2.75. The number of morpholine rings is 1. The maximum absolute atomic E-state index is 14.7. The van der Waals surface area contributed by atoms with Crippen molar-refractivity contribution in [2.75, 3.05) is 26.3 Å². The minimum Gasteiger partial charge on any atom is -0.378 e. The highest BCUT2D eigenvalue weighted by Gasteiger charge is 2.71. The first-order valence-corrected chi connectivity index (χ1v) is 16.8. The van der Waals surface area contributed by atoms with Crippen LogP contribution in [0.25, 0.3) is 0 Å². The average molecular weight is 577 g/mol. The molecular weight excluding hydrogens is 524 g/mol. The fraction of sp³-hybridized carbons (Fsp3) is 0.833. The molecule has 1 amide bonds. The molecular formula is C36H52N2O4. The Morgan fingerprint density at radius 3 is 2.38 bits per heavy atom. The Bertz CT molecular complexity index is 1240. The van der Waals surface area contributed by atoms with Crippen LogP contribution in [-0.2, 0) is 19.1 Å². The highest BCUT2D eigenvalue weighted by molar-refractivity contribution is 6.01. The first kappa shape index (κ1) is 30.0. The molecule has 0 aromatic rings. The first-order valence-electron chi connectivity index (χ1n) is 16.8. The van der Waals surface area contributed by atoms with Gasteiger partial charge in [-0.05, 0) is 96.2 Å². The van der Waals surface area contributed by atoms with Crippen molar-refractivity contribution in [3.05, 3.63) is 11.6 Å². The molecule has 1 aliphatic heterocycles. The van der Waals surface area contributed by atoms with E-state index in [0.29, 0.717) is 56.4 Å². The topological polar surface area (TPSA) is 87.5 Å². The highest BCUT2D eigenvalue weighted by atomic mass is 16.5. The Morgan fingerprint density at radius 1 is 1.00 bits per heavy atom. The molecule has 5 fully saturated rings. The van der Waals surface area contributed by atoms with Crippen molar-refractivity contribution >= 4 is 17.5 Å². The number of hydrogen-bond acceptors (Lipinski definition) is 5. The second-order valence-corrected chi connectivity index (χ2v) is 16.7. The summed E-state index contributed by atoms with van der Waals surface area (Å²) in [6, 6.07) is 2.21. The van der Waals surface area contributed by atoms with E-state index in [0.717, 1.165) is 51.4 Å². The SMILES string of the molecule is C[C@@H]1C(=O)C(C#N)=C[C@]2(C)C3CC(=O)C4C5CC(C)(C)CC[C@]5(CCC(=O)N5CCOCC5)CC[C@@]4(C)[C@]3(C)CC[C@@H]12. The van der Waals surface area contributed by atoms with Crippen LogP contribution < -0.4 is 0 Å². The Labute approximate surface area is 253 Å². The van der Waals surface area contributed by atoms with E-state index >= 15 is 0 Å². The molecule has 9 atom stereocenters. The summed E-state index contributed by atoms with van der Waals surface area (Å²) in [4.78, 5) is 43.0. The van der Waals surface area contributed by atoms with Crippen molar-refractivity contribution in [2.24, 2.45) is 56.7 Å². The van der Waals surface area contributed by atoms with Gasteiger partial charge in [0.1, 0.15) is 11.9 Å². The second kappa shape index (κ2) is 10.0. The summed E-state index contributed by atoms with van der Waals surface area (Å²) in [6.07, 6.45) is 11.4. The maximum Gasteiger partial charge on any atom is 0.222 e. The van der Waals surface area contributed by atoms with Crippen LogP contribution in [0.3, 0.4) is 0 Å². The number of carbonyl (C=O) groups excluding carboxylic acids is 3. The summed E-state index contributed by atoms with van der Waals surface area (Å²) in [7, 11) is 0. The lowest BCUT2D eigenvalue weighted by atomic mass is 9.32. The number of fused-ring (bicyclic) bond motifs is 7. The number of nitrogens with zero attached hydrogens (tertiary/aromatic N) is 2. The number of nitriles is 1. The summed E-state index contributed by atoms with van der Waals surface area (Å²) >= 11 is 0. The van der Waals surface area contributed by atoms with Gasteiger partial charge < -0.3 is 9.64 Å². The predicted octanol–water partition coefficient (Wildman–Crippen LogP) is 6.53. The molecule has 1 saturated heterocycles. The third-order valence-electron chi connectivity index (χ3n) is 14.5. The number of amides is 1. The van der Waals surface area contributed by atoms with Crippen molar-refractivity contribution in [3.63, 3.8) is 0 Å². The summed E-state index contributed by atoms with van der Waals surface area (Å²) in [6.45, 7) is 16.5. The Balaban J connectivity index is 1.35. The minimum atomic E-state index is -0.333. The zero-order chi connectivity index (χ0) is 30.3. The third-order valence-corrected chi connectivity index (χ3v) is 14.5. The van der Waals surface area contributed by atoms with E-state index in [-0.39, 0.29) is 62.4 Å². The molecule has 0 N–H and O–H groups in total. The Hall–Kier alpha value is -2.00. The third kappa shape index (κ3) is 4.22. The molecule has 3 unspecified atom stereocenters. The standard InChI is InChI=1S/C36H52N2O4/c1-23-25-7-9-34(5)28(33(25,4)20-24(22-37)31(23)41)19-27(39)30-26-21-32(2,3)11-13-36(26,14-12-35(30,34)6)10-8-29(40)38-15-17-42-18-16-38/h20,23,25-26,28,30H,7-19,21H2,1-6H3/t23-,25-,26?,28?,30?,33-,34+,35+,36+/m0/s1. The monoisotopic (exact) mass is 576 g/mol. The number of hydrogen-bond donors (Lipinski definition) is 0. The number of Topliss-reactive ketones (excluding diaryl/α,β-unsaturated/α-hetero) is 2. The number of rotatable bonds is 3. The van der Waals surface area contributed by atoms with Gasteiger partial charge in [0.05, 0.1) is 18.8 Å². The van der Waals surface area contributed by atoms with E-state index in [9.17, 15) is 19.6 Å². The van der Waals surface area contributed by atoms with Crippen molar-refractivity contribution in [1.82, 2.24) is 4.90 Å². The molecule has 6 nitrogen and oxygen atoms in total. The Kier molecular flexibility index (Phi) is 7.16.